The van der Waals surface area contributed by atoms with Crippen LogP contribution in [-0.2, 0) is 0 Å². The normalized spacial score (nSPS) is 14.6. The molecule has 0 amide bonds. The number of nitrogens with two attached hydrogens (primary N) is 1. The molecular weight excluding hydrogens is 202 g/mol. The highest BCUT2D eigenvalue weighted by Crippen LogP contribution is 2.28. The molecule has 0 aliphatic carbocycles. The highest BCUT2D eigenvalue weighted by atomic mass is 16.5. The lowest BCUT2D eigenvalue weighted by atomic mass is 9.93. The van der Waals surface area contributed by atoms with Crippen LogP contribution in [0.1, 0.15) is 30.6 Å². The second-order valence-electron chi connectivity index (χ2n) is 4.08. The average Bonchev–Trinajstić information content (AvgIpc) is 2.31. The predicted molar refractivity (Wildman–Crippen MR) is 65.5 cm³/mol. The van der Waals surface area contributed by atoms with Gasteiger partial charge in [0, 0.05) is 5.92 Å². The molecule has 3 N–H and O–H groups in total. The van der Waals surface area contributed by atoms with Gasteiger partial charge in [-0.1, -0.05) is 19.1 Å². The zero-order chi connectivity index (χ0) is 12.1. The molecular formula is C13H21NO2. The lowest BCUT2D eigenvalue weighted by Crippen LogP contribution is -2.21. The summed E-state index contributed by atoms with van der Waals surface area (Å²) in [5.41, 5.74) is 7.57. The molecule has 0 spiro atoms. The lowest BCUT2D eigenvalue weighted by molar-refractivity contribution is 0.110. The van der Waals surface area contributed by atoms with Gasteiger partial charge in [-0.2, -0.15) is 0 Å². The van der Waals surface area contributed by atoms with Gasteiger partial charge in [-0.25, -0.2) is 0 Å². The summed E-state index contributed by atoms with van der Waals surface area (Å²) < 4.78 is 5.24. The first-order chi connectivity index (χ1) is 7.63. The minimum Gasteiger partial charge on any atom is -0.496 e. The molecule has 0 aliphatic rings. The number of aryl methyl sites for hydroxylation is 1. The van der Waals surface area contributed by atoms with E-state index >= 15 is 0 Å². The van der Waals surface area contributed by atoms with Crippen LogP contribution in [0, 0.1) is 12.8 Å². The fraction of sp³-hybridized carbons (Fsp3) is 0.538. The Balaban J connectivity index is 2.95. The maximum atomic E-state index is 10.2. The van der Waals surface area contributed by atoms with Crippen LogP contribution >= 0.6 is 0 Å². The van der Waals surface area contributed by atoms with E-state index in [2.05, 4.69) is 0 Å². The number of hydrogen-bond donors (Lipinski definition) is 2. The molecule has 90 valence electrons. The Labute approximate surface area is 97.2 Å². The third-order valence-corrected chi connectivity index (χ3v) is 3.05. The van der Waals surface area contributed by atoms with Gasteiger partial charge in [0.15, 0.2) is 0 Å². The first-order valence-electron chi connectivity index (χ1n) is 5.66. The topological polar surface area (TPSA) is 55.5 Å². The Hall–Kier alpha value is -1.06. The van der Waals surface area contributed by atoms with Crippen LogP contribution in [-0.4, -0.2) is 18.8 Å². The van der Waals surface area contributed by atoms with Crippen LogP contribution in [0.5, 0.6) is 5.75 Å². The van der Waals surface area contributed by atoms with Gasteiger partial charge >= 0.3 is 0 Å². The molecule has 0 bridgehead atoms. The molecule has 3 nitrogen and oxygen atoms in total. The summed E-state index contributed by atoms with van der Waals surface area (Å²) in [6.07, 6.45) is 0.359. The number of rotatable bonds is 5. The minimum atomic E-state index is -0.510. The van der Waals surface area contributed by atoms with Crippen molar-refractivity contribution in [3.63, 3.8) is 0 Å². The third-order valence-electron chi connectivity index (χ3n) is 3.05. The van der Waals surface area contributed by atoms with Crippen molar-refractivity contribution in [3.05, 3.63) is 29.3 Å². The average molecular weight is 223 g/mol. The summed E-state index contributed by atoms with van der Waals surface area (Å²) in [4.78, 5) is 0. The van der Waals surface area contributed by atoms with E-state index in [4.69, 9.17) is 10.5 Å². The van der Waals surface area contributed by atoms with E-state index in [1.165, 1.54) is 0 Å². The smallest absolute Gasteiger partial charge is 0.122 e. The molecule has 3 heteroatoms. The zero-order valence-electron chi connectivity index (χ0n) is 10.2. The third kappa shape index (κ3) is 2.74. The van der Waals surface area contributed by atoms with E-state index in [-0.39, 0.29) is 5.92 Å². The maximum absolute atomic E-state index is 10.2. The lowest BCUT2D eigenvalue weighted by Gasteiger charge is -2.21. The zero-order valence-corrected chi connectivity index (χ0v) is 10.2. The van der Waals surface area contributed by atoms with Gasteiger partial charge in [0.25, 0.3) is 0 Å². The van der Waals surface area contributed by atoms with Gasteiger partial charge in [0.1, 0.15) is 5.75 Å². The summed E-state index contributed by atoms with van der Waals surface area (Å²) in [5.74, 6) is 0.913. The second kappa shape index (κ2) is 5.87. The fourth-order valence-corrected chi connectivity index (χ4v) is 1.81. The number of benzene rings is 1. The second-order valence-corrected chi connectivity index (χ2v) is 4.08. The van der Waals surface area contributed by atoms with Gasteiger partial charge in [-0.3, -0.25) is 0 Å². The molecule has 0 fully saturated rings. The van der Waals surface area contributed by atoms with Crippen molar-refractivity contribution < 1.29 is 9.84 Å². The highest BCUT2D eigenvalue weighted by Gasteiger charge is 2.18. The van der Waals surface area contributed by atoms with Crippen molar-refractivity contribution in [2.45, 2.75) is 26.4 Å². The summed E-state index contributed by atoms with van der Waals surface area (Å²) in [6.45, 7) is 4.51. The van der Waals surface area contributed by atoms with Crippen LogP contribution in [0.25, 0.3) is 0 Å². The fourth-order valence-electron chi connectivity index (χ4n) is 1.81. The van der Waals surface area contributed by atoms with Crippen molar-refractivity contribution in [1.29, 1.82) is 0 Å². The largest absolute Gasteiger partial charge is 0.496 e. The molecule has 1 aromatic carbocycles. The van der Waals surface area contributed by atoms with Crippen molar-refractivity contribution in [1.82, 2.24) is 0 Å². The van der Waals surface area contributed by atoms with Gasteiger partial charge in [-0.15, -0.1) is 0 Å². The summed E-state index contributed by atoms with van der Waals surface area (Å²) in [6, 6.07) is 5.78. The van der Waals surface area contributed by atoms with E-state index in [1.807, 2.05) is 32.0 Å². The molecule has 0 aromatic heterocycles. The van der Waals surface area contributed by atoms with Crippen LogP contribution in [0.3, 0.4) is 0 Å². The molecule has 1 rings (SSSR count). The summed E-state index contributed by atoms with van der Waals surface area (Å²) in [7, 11) is 1.64. The van der Waals surface area contributed by atoms with Crippen molar-refractivity contribution in [2.24, 2.45) is 11.7 Å². The SMILES string of the molecule is CCC(CN)C(O)c1ccc(C)c(OC)c1. The minimum absolute atomic E-state index is 0.104. The van der Waals surface area contributed by atoms with Gasteiger partial charge in [0.2, 0.25) is 0 Å². The molecule has 1 aromatic rings. The van der Waals surface area contributed by atoms with Crippen LogP contribution in [0.2, 0.25) is 0 Å². The number of methoxy groups -OCH3 is 1. The van der Waals surface area contributed by atoms with E-state index in [0.717, 1.165) is 23.3 Å². The predicted octanol–water partition coefficient (Wildman–Crippen LogP) is 2.02. The Morgan fingerprint density at radius 3 is 2.62 bits per heavy atom. The van der Waals surface area contributed by atoms with E-state index in [1.54, 1.807) is 7.11 Å². The van der Waals surface area contributed by atoms with Gasteiger partial charge in [0.05, 0.1) is 13.2 Å². The van der Waals surface area contributed by atoms with Crippen LogP contribution in [0.15, 0.2) is 18.2 Å². The first-order valence-corrected chi connectivity index (χ1v) is 5.66. The van der Waals surface area contributed by atoms with E-state index in [0.29, 0.717) is 6.54 Å². The number of hydrogen-bond acceptors (Lipinski definition) is 3. The van der Waals surface area contributed by atoms with Gasteiger partial charge < -0.3 is 15.6 Å². The van der Waals surface area contributed by atoms with Crippen molar-refractivity contribution in [3.8, 4) is 5.75 Å². The Morgan fingerprint density at radius 1 is 1.44 bits per heavy atom. The van der Waals surface area contributed by atoms with Crippen LogP contribution in [0.4, 0.5) is 0 Å². The maximum Gasteiger partial charge on any atom is 0.122 e. The summed E-state index contributed by atoms with van der Waals surface area (Å²) in [5, 5.41) is 10.2. The molecule has 0 heterocycles. The monoisotopic (exact) mass is 223 g/mol. The van der Waals surface area contributed by atoms with Gasteiger partial charge in [-0.05, 0) is 37.1 Å². The Morgan fingerprint density at radius 2 is 2.12 bits per heavy atom. The highest BCUT2D eigenvalue weighted by molar-refractivity contribution is 5.37. The molecule has 0 saturated carbocycles. The van der Waals surface area contributed by atoms with E-state index in [9.17, 15) is 5.11 Å². The van der Waals surface area contributed by atoms with E-state index < -0.39 is 6.10 Å². The quantitative estimate of drug-likeness (QED) is 0.803. The number of ether oxygens (including phenoxy) is 1. The number of aliphatic hydroxyl groups is 1. The molecule has 16 heavy (non-hydrogen) atoms. The number of aliphatic hydroxyl groups excluding tert-OH is 1. The standard InChI is InChI=1S/C13H21NO2/c1-4-10(8-14)13(15)11-6-5-9(2)12(7-11)16-3/h5-7,10,13,15H,4,8,14H2,1-3H3. The molecule has 0 aliphatic heterocycles. The first kappa shape index (κ1) is 13.0. The molecule has 0 saturated heterocycles. The molecule has 2 unspecified atom stereocenters. The summed E-state index contributed by atoms with van der Waals surface area (Å²) >= 11 is 0. The molecule has 2 atom stereocenters. The Kier molecular flexibility index (Phi) is 4.77. The van der Waals surface area contributed by atoms with Crippen molar-refractivity contribution in [2.75, 3.05) is 13.7 Å². The van der Waals surface area contributed by atoms with Crippen molar-refractivity contribution >= 4 is 0 Å². The molecule has 0 radical (unpaired) electrons. The Bertz CT molecular complexity index is 335. The van der Waals surface area contributed by atoms with Crippen LogP contribution < -0.4 is 10.5 Å².